The second kappa shape index (κ2) is 9.28. The molecule has 0 fully saturated rings. The molecular weight excluding hydrogens is 356 g/mol. The summed E-state index contributed by atoms with van der Waals surface area (Å²) >= 11 is 0. The standard InChI is InChI=1S/C23H18O5/c24-21(28-23(26)18-11-5-2-6-12-18)15-16-27-20-14-8-7-13-19(20)22(25)17-9-3-1-4-10-17/h1-14H,15-16H2. The van der Waals surface area contributed by atoms with E-state index in [0.717, 1.165) is 0 Å². The molecule has 3 rings (SSSR count). The van der Waals surface area contributed by atoms with Crippen molar-refractivity contribution in [3.8, 4) is 5.75 Å². The number of rotatable bonds is 7. The molecule has 0 unspecified atom stereocenters. The molecule has 0 saturated carbocycles. The third kappa shape index (κ3) is 4.92. The van der Waals surface area contributed by atoms with Gasteiger partial charge in [-0.05, 0) is 24.3 Å². The Morgan fingerprint density at radius 2 is 1.25 bits per heavy atom. The van der Waals surface area contributed by atoms with Gasteiger partial charge in [0.1, 0.15) is 5.75 Å². The second-order valence-electron chi connectivity index (χ2n) is 5.92. The number of benzene rings is 3. The Balaban J connectivity index is 1.57. The Kier molecular flexibility index (Phi) is 6.31. The van der Waals surface area contributed by atoms with Crippen molar-refractivity contribution in [1.29, 1.82) is 0 Å². The first kappa shape index (κ1) is 19.0. The smallest absolute Gasteiger partial charge is 0.345 e. The van der Waals surface area contributed by atoms with Crippen molar-refractivity contribution in [2.45, 2.75) is 6.42 Å². The first-order chi connectivity index (χ1) is 13.6. The first-order valence-corrected chi connectivity index (χ1v) is 8.77. The molecule has 140 valence electrons. The van der Waals surface area contributed by atoms with Gasteiger partial charge in [0.05, 0.1) is 24.2 Å². The minimum Gasteiger partial charge on any atom is -0.492 e. The van der Waals surface area contributed by atoms with Gasteiger partial charge in [-0.3, -0.25) is 9.59 Å². The molecule has 0 aliphatic rings. The molecule has 0 heterocycles. The fraction of sp³-hybridized carbons (Fsp3) is 0.0870. The monoisotopic (exact) mass is 374 g/mol. The minimum atomic E-state index is -0.703. The molecule has 0 atom stereocenters. The highest BCUT2D eigenvalue weighted by molar-refractivity contribution is 6.10. The van der Waals surface area contributed by atoms with Gasteiger partial charge in [-0.25, -0.2) is 4.79 Å². The lowest BCUT2D eigenvalue weighted by molar-refractivity contribution is -0.138. The van der Waals surface area contributed by atoms with E-state index >= 15 is 0 Å². The van der Waals surface area contributed by atoms with E-state index in [9.17, 15) is 14.4 Å². The molecule has 0 aliphatic carbocycles. The van der Waals surface area contributed by atoms with E-state index in [1.165, 1.54) is 0 Å². The zero-order valence-corrected chi connectivity index (χ0v) is 15.0. The first-order valence-electron chi connectivity index (χ1n) is 8.77. The summed E-state index contributed by atoms with van der Waals surface area (Å²) < 4.78 is 10.4. The van der Waals surface area contributed by atoms with Crippen LogP contribution in [0.25, 0.3) is 0 Å². The Labute approximate surface area is 162 Å². The zero-order chi connectivity index (χ0) is 19.8. The molecule has 0 radical (unpaired) electrons. The van der Waals surface area contributed by atoms with E-state index in [4.69, 9.17) is 9.47 Å². The van der Waals surface area contributed by atoms with Crippen LogP contribution < -0.4 is 4.74 Å². The van der Waals surface area contributed by atoms with Crippen LogP contribution in [0.4, 0.5) is 0 Å². The zero-order valence-electron chi connectivity index (χ0n) is 15.0. The number of para-hydroxylation sites is 1. The van der Waals surface area contributed by atoms with Crippen molar-refractivity contribution < 1.29 is 23.9 Å². The number of carbonyl (C=O) groups is 3. The molecule has 0 aromatic heterocycles. The SMILES string of the molecule is O=C(CCOc1ccccc1C(=O)c1ccccc1)OC(=O)c1ccccc1. The van der Waals surface area contributed by atoms with Crippen LogP contribution in [0.3, 0.4) is 0 Å². The molecular formula is C23H18O5. The van der Waals surface area contributed by atoms with Gasteiger partial charge in [0, 0.05) is 5.56 Å². The van der Waals surface area contributed by atoms with E-state index in [2.05, 4.69) is 0 Å². The number of esters is 2. The van der Waals surface area contributed by atoms with Crippen molar-refractivity contribution >= 4 is 17.7 Å². The van der Waals surface area contributed by atoms with Crippen molar-refractivity contribution in [3.05, 3.63) is 102 Å². The summed E-state index contributed by atoms with van der Waals surface area (Å²) in [4.78, 5) is 36.4. The lowest BCUT2D eigenvalue weighted by Crippen LogP contribution is -2.15. The van der Waals surface area contributed by atoms with Crippen LogP contribution in [0.2, 0.25) is 0 Å². The number of ether oxygens (including phenoxy) is 2. The Bertz CT molecular complexity index is 965. The van der Waals surface area contributed by atoms with E-state index in [-0.39, 0.29) is 18.8 Å². The van der Waals surface area contributed by atoms with Crippen LogP contribution >= 0.6 is 0 Å². The average Bonchev–Trinajstić information content (AvgIpc) is 2.75. The maximum absolute atomic E-state index is 12.7. The maximum atomic E-state index is 12.7. The molecule has 0 N–H and O–H groups in total. The molecule has 3 aromatic rings. The van der Waals surface area contributed by atoms with Gasteiger partial charge in [0.25, 0.3) is 0 Å². The number of hydrogen-bond donors (Lipinski definition) is 0. The summed E-state index contributed by atoms with van der Waals surface area (Å²) in [6.45, 7) is -0.0139. The summed E-state index contributed by atoms with van der Waals surface area (Å²) in [6.07, 6.45) is -0.119. The molecule has 3 aromatic carbocycles. The molecule has 5 heteroatoms. The fourth-order valence-electron chi connectivity index (χ4n) is 2.56. The van der Waals surface area contributed by atoms with E-state index < -0.39 is 11.9 Å². The molecule has 0 saturated heterocycles. The van der Waals surface area contributed by atoms with Crippen molar-refractivity contribution in [1.82, 2.24) is 0 Å². The maximum Gasteiger partial charge on any atom is 0.345 e. The highest BCUT2D eigenvalue weighted by atomic mass is 16.6. The van der Waals surface area contributed by atoms with Crippen LogP contribution in [0.1, 0.15) is 32.7 Å². The molecule has 28 heavy (non-hydrogen) atoms. The third-order valence-electron chi connectivity index (χ3n) is 3.95. The topological polar surface area (TPSA) is 69.7 Å². The molecule has 0 bridgehead atoms. The van der Waals surface area contributed by atoms with E-state index in [1.54, 1.807) is 78.9 Å². The van der Waals surface area contributed by atoms with Crippen LogP contribution in [0, 0.1) is 0 Å². The van der Waals surface area contributed by atoms with E-state index in [0.29, 0.717) is 22.4 Å². The normalized spacial score (nSPS) is 10.1. The summed E-state index contributed by atoms with van der Waals surface area (Å²) in [5.41, 5.74) is 1.25. The predicted octanol–water partition coefficient (Wildman–Crippen LogP) is 4.07. The summed E-state index contributed by atoms with van der Waals surface area (Å²) in [5, 5.41) is 0. The lowest BCUT2D eigenvalue weighted by Gasteiger charge is -2.10. The van der Waals surface area contributed by atoms with Crippen molar-refractivity contribution in [2.24, 2.45) is 0 Å². The van der Waals surface area contributed by atoms with Crippen LogP contribution in [0.5, 0.6) is 5.75 Å². The Hall–Kier alpha value is -3.73. The van der Waals surface area contributed by atoms with Gasteiger partial charge in [-0.2, -0.15) is 0 Å². The average molecular weight is 374 g/mol. The van der Waals surface area contributed by atoms with Gasteiger partial charge in [-0.15, -0.1) is 0 Å². The van der Waals surface area contributed by atoms with Gasteiger partial charge in [-0.1, -0.05) is 60.7 Å². The lowest BCUT2D eigenvalue weighted by atomic mass is 10.0. The Morgan fingerprint density at radius 1 is 0.679 bits per heavy atom. The van der Waals surface area contributed by atoms with Crippen LogP contribution in [-0.4, -0.2) is 24.3 Å². The van der Waals surface area contributed by atoms with Crippen LogP contribution in [0.15, 0.2) is 84.9 Å². The van der Waals surface area contributed by atoms with E-state index in [1.807, 2.05) is 6.07 Å². The number of carbonyl (C=O) groups excluding carboxylic acids is 3. The number of hydrogen-bond acceptors (Lipinski definition) is 5. The summed E-state index contributed by atoms with van der Waals surface area (Å²) in [6, 6.07) is 24.0. The van der Waals surface area contributed by atoms with Gasteiger partial charge in [0.2, 0.25) is 0 Å². The third-order valence-corrected chi connectivity index (χ3v) is 3.95. The molecule has 0 aliphatic heterocycles. The van der Waals surface area contributed by atoms with Gasteiger partial charge >= 0.3 is 11.9 Å². The highest BCUT2D eigenvalue weighted by Crippen LogP contribution is 2.21. The number of ketones is 1. The molecule has 0 spiro atoms. The second-order valence-corrected chi connectivity index (χ2v) is 5.92. The summed E-state index contributed by atoms with van der Waals surface area (Å²) in [5.74, 6) is -1.19. The van der Waals surface area contributed by atoms with Gasteiger partial charge < -0.3 is 9.47 Å². The quantitative estimate of drug-likeness (QED) is 0.354. The fourth-order valence-corrected chi connectivity index (χ4v) is 2.56. The highest BCUT2D eigenvalue weighted by Gasteiger charge is 2.16. The summed E-state index contributed by atoms with van der Waals surface area (Å²) in [7, 11) is 0. The minimum absolute atomic E-state index is 0.0139. The Morgan fingerprint density at radius 3 is 1.93 bits per heavy atom. The van der Waals surface area contributed by atoms with Crippen molar-refractivity contribution in [2.75, 3.05) is 6.61 Å². The van der Waals surface area contributed by atoms with Gasteiger partial charge in [0.15, 0.2) is 5.78 Å². The predicted molar refractivity (Wildman–Crippen MR) is 103 cm³/mol. The molecule has 0 amide bonds. The largest absolute Gasteiger partial charge is 0.492 e. The molecule has 5 nitrogen and oxygen atoms in total. The van der Waals surface area contributed by atoms with Crippen molar-refractivity contribution in [3.63, 3.8) is 0 Å². The van der Waals surface area contributed by atoms with Crippen LogP contribution in [-0.2, 0) is 9.53 Å².